The number of amides is 1. The van der Waals surface area contributed by atoms with Crippen molar-refractivity contribution in [1.82, 2.24) is 14.8 Å². The maximum absolute atomic E-state index is 12.9. The number of methoxy groups -OCH3 is 1. The number of carbonyl (C=O) groups excluding carboxylic acids is 2. The summed E-state index contributed by atoms with van der Waals surface area (Å²) in [7, 11) is 1.35. The lowest BCUT2D eigenvalue weighted by Gasteiger charge is -2.34. The van der Waals surface area contributed by atoms with Gasteiger partial charge in [0.1, 0.15) is 5.69 Å². The average Bonchev–Trinajstić information content (AvgIpc) is 3.00. The second-order valence-corrected chi connectivity index (χ2v) is 6.99. The van der Waals surface area contributed by atoms with Crippen molar-refractivity contribution in [2.75, 3.05) is 39.8 Å². The van der Waals surface area contributed by atoms with Gasteiger partial charge < -0.3 is 14.6 Å². The van der Waals surface area contributed by atoms with E-state index < -0.39 is 5.97 Å². The molecule has 6 nitrogen and oxygen atoms in total. The maximum Gasteiger partial charge on any atom is 0.339 e. The van der Waals surface area contributed by atoms with Crippen molar-refractivity contribution in [1.29, 1.82) is 0 Å². The maximum atomic E-state index is 12.9. The Morgan fingerprint density at radius 3 is 2.37 bits per heavy atom. The first-order valence-corrected chi connectivity index (χ1v) is 9.34. The van der Waals surface area contributed by atoms with E-state index >= 15 is 0 Å². The van der Waals surface area contributed by atoms with E-state index in [0.29, 0.717) is 35.6 Å². The van der Waals surface area contributed by atoms with Crippen LogP contribution in [0.25, 0.3) is 0 Å². The molecule has 1 aromatic carbocycles. The monoisotopic (exact) mass is 369 g/mol. The molecule has 0 saturated carbocycles. The van der Waals surface area contributed by atoms with Crippen molar-refractivity contribution in [3.05, 3.63) is 58.4 Å². The van der Waals surface area contributed by atoms with Crippen LogP contribution in [0, 0.1) is 13.8 Å². The van der Waals surface area contributed by atoms with Crippen LogP contribution in [0.3, 0.4) is 0 Å². The van der Waals surface area contributed by atoms with E-state index in [-0.39, 0.29) is 5.91 Å². The molecule has 27 heavy (non-hydrogen) atoms. The first-order valence-electron chi connectivity index (χ1n) is 9.34. The molecule has 1 aliphatic rings. The molecule has 0 unspecified atom stereocenters. The third-order valence-corrected chi connectivity index (χ3v) is 5.26. The number of nitrogens with zero attached hydrogens (tertiary/aromatic N) is 2. The fourth-order valence-corrected chi connectivity index (χ4v) is 3.64. The van der Waals surface area contributed by atoms with Gasteiger partial charge in [0, 0.05) is 38.4 Å². The van der Waals surface area contributed by atoms with Gasteiger partial charge >= 0.3 is 5.97 Å². The van der Waals surface area contributed by atoms with Gasteiger partial charge in [-0.3, -0.25) is 9.69 Å². The van der Waals surface area contributed by atoms with E-state index in [0.717, 1.165) is 26.1 Å². The molecular formula is C21H27N3O3. The fourth-order valence-electron chi connectivity index (χ4n) is 3.64. The molecule has 0 spiro atoms. The molecule has 0 aliphatic carbocycles. The summed E-state index contributed by atoms with van der Waals surface area (Å²) in [5.41, 5.74) is 3.62. The van der Waals surface area contributed by atoms with Gasteiger partial charge in [-0.2, -0.15) is 0 Å². The van der Waals surface area contributed by atoms with Crippen LogP contribution in [0.5, 0.6) is 0 Å². The van der Waals surface area contributed by atoms with Crippen LogP contribution in [0.4, 0.5) is 0 Å². The zero-order valence-corrected chi connectivity index (χ0v) is 16.2. The number of aryl methyl sites for hydroxylation is 1. The Morgan fingerprint density at radius 1 is 1.07 bits per heavy atom. The first kappa shape index (κ1) is 19.2. The normalized spacial score (nSPS) is 15.0. The van der Waals surface area contributed by atoms with E-state index in [2.05, 4.69) is 34.1 Å². The van der Waals surface area contributed by atoms with E-state index in [1.165, 1.54) is 12.7 Å². The Labute approximate surface area is 160 Å². The summed E-state index contributed by atoms with van der Waals surface area (Å²) >= 11 is 0. The van der Waals surface area contributed by atoms with Crippen molar-refractivity contribution in [2.24, 2.45) is 0 Å². The first-order chi connectivity index (χ1) is 13.0. The van der Waals surface area contributed by atoms with Crippen molar-refractivity contribution in [3.8, 4) is 0 Å². The number of aromatic nitrogens is 1. The van der Waals surface area contributed by atoms with Crippen molar-refractivity contribution < 1.29 is 14.3 Å². The largest absolute Gasteiger partial charge is 0.465 e. The molecule has 0 radical (unpaired) electrons. The van der Waals surface area contributed by atoms with Crippen molar-refractivity contribution in [3.63, 3.8) is 0 Å². The molecule has 2 aromatic rings. The Balaban J connectivity index is 1.58. The lowest BCUT2D eigenvalue weighted by molar-refractivity contribution is 0.0599. The molecule has 0 atom stereocenters. The highest BCUT2D eigenvalue weighted by atomic mass is 16.5. The van der Waals surface area contributed by atoms with Gasteiger partial charge in [0.2, 0.25) is 0 Å². The van der Waals surface area contributed by atoms with E-state index in [4.69, 9.17) is 4.74 Å². The second kappa shape index (κ2) is 8.39. The molecule has 1 aromatic heterocycles. The van der Waals surface area contributed by atoms with Crippen LogP contribution < -0.4 is 0 Å². The smallest absolute Gasteiger partial charge is 0.339 e. The number of aromatic amines is 1. The number of nitrogens with one attached hydrogen (secondary N) is 1. The van der Waals surface area contributed by atoms with Crippen molar-refractivity contribution in [2.45, 2.75) is 20.3 Å². The highest BCUT2D eigenvalue weighted by molar-refractivity contribution is 6.00. The summed E-state index contributed by atoms with van der Waals surface area (Å²) in [6.07, 6.45) is 1.02. The number of hydrogen-bond acceptors (Lipinski definition) is 4. The molecule has 1 N–H and O–H groups in total. The Kier molecular flexibility index (Phi) is 5.96. The van der Waals surface area contributed by atoms with Crippen LogP contribution in [-0.4, -0.2) is 66.5 Å². The lowest BCUT2D eigenvalue weighted by atomic mass is 10.1. The highest BCUT2D eigenvalue weighted by Crippen LogP contribution is 2.21. The van der Waals surface area contributed by atoms with Gasteiger partial charge in [-0.25, -0.2) is 4.79 Å². The van der Waals surface area contributed by atoms with Crippen LogP contribution in [0.2, 0.25) is 0 Å². The highest BCUT2D eigenvalue weighted by Gasteiger charge is 2.27. The van der Waals surface area contributed by atoms with Gasteiger partial charge in [-0.1, -0.05) is 30.3 Å². The summed E-state index contributed by atoms with van der Waals surface area (Å²) in [5.74, 6) is -0.459. The summed E-state index contributed by atoms with van der Waals surface area (Å²) in [6, 6.07) is 10.5. The quantitative estimate of drug-likeness (QED) is 0.822. The average molecular weight is 369 g/mol. The standard InChI is InChI=1S/C21H27N3O3/c1-15-18(21(26)27-3)16(2)22-19(15)20(25)24-13-11-23(12-14-24)10-9-17-7-5-4-6-8-17/h4-8,22H,9-14H2,1-3H3. The molecule has 1 saturated heterocycles. The van der Waals surface area contributed by atoms with E-state index in [1.807, 2.05) is 11.0 Å². The summed E-state index contributed by atoms with van der Waals surface area (Å²) in [6.45, 7) is 7.69. The van der Waals surface area contributed by atoms with Gasteiger partial charge in [0.25, 0.3) is 5.91 Å². The van der Waals surface area contributed by atoms with Crippen LogP contribution in [0.1, 0.15) is 37.7 Å². The lowest BCUT2D eigenvalue weighted by Crippen LogP contribution is -2.49. The van der Waals surface area contributed by atoms with Gasteiger partial charge in [-0.05, 0) is 31.4 Å². The van der Waals surface area contributed by atoms with Gasteiger partial charge in [-0.15, -0.1) is 0 Å². The summed E-state index contributed by atoms with van der Waals surface area (Å²) in [5, 5.41) is 0. The molecule has 3 rings (SSSR count). The summed E-state index contributed by atoms with van der Waals surface area (Å²) < 4.78 is 4.82. The number of benzene rings is 1. The van der Waals surface area contributed by atoms with Crippen LogP contribution in [-0.2, 0) is 11.2 Å². The van der Waals surface area contributed by atoms with E-state index in [1.54, 1.807) is 13.8 Å². The van der Waals surface area contributed by atoms with Crippen LogP contribution in [0.15, 0.2) is 30.3 Å². The number of carbonyl (C=O) groups is 2. The van der Waals surface area contributed by atoms with Crippen molar-refractivity contribution >= 4 is 11.9 Å². The summed E-state index contributed by atoms with van der Waals surface area (Å²) in [4.78, 5) is 32.2. The number of H-pyrrole nitrogens is 1. The topological polar surface area (TPSA) is 65.6 Å². The molecule has 6 heteroatoms. The minimum absolute atomic E-state index is 0.0477. The Hall–Kier alpha value is -2.60. The number of rotatable bonds is 5. The predicted molar refractivity (Wildman–Crippen MR) is 104 cm³/mol. The van der Waals surface area contributed by atoms with Crippen LogP contribution >= 0.6 is 0 Å². The third kappa shape index (κ3) is 4.22. The van der Waals surface area contributed by atoms with Gasteiger partial charge in [0.05, 0.1) is 12.7 Å². The zero-order valence-electron chi connectivity index (χ0n) is 16.2. The Morgan fingerprint density at radius 2 is 1.74 bits per heavy atom. The number of piperazine rings is 1. The molecular weight excluding hydrogens is 342 g/mol. The number of esters is 1. The van der Waals surface area contributed by atoms with E-state index in [9.17, 15) is 9.59 Å². The molecule has 0 bridgehead atoms. The molecule has 1 amide bonds. The molecule has 2 heterocycles. The Bertz CT molecular complexity index is 806. The van der Waals surface area contributed by atoms with Gasteiger partial charge in [0.15, 0.2) is 0 Å². The number of ether oxygens (including phenoxy) is 1. The molecule has 144 valence electrons. The minimum Gasteiger partial charge on any atom is -0.465 e. The fraction of sp³-hybridized carbons (Fsp3) is 0.429. The molecule has 1 fully saturated rings. The minimum atomic E-state index is -0.411. The molecule has 1 aliphatic heterocycles. The second-order valence-electron chi connectivity index (χ2n) is 6.99. The zero-order chi connectivity index (χ0) is 19.4. The third-order valence-electron chi connectivity index (χ3n) is 5.26. The SMILES string of the molecule is COC(=O)c1c(C)[nH]c(C(=O)N2CCN(CCc3ccccc3)CC2)c1C. The number of hydrogen-bond donors (Lipinski definition) is 1. The predicted octanol–water partition coefficient (Wildman–Crippen LogP) is 2.42.